The maximum absolute atomic E-state index is 6.15. The summed E-state index contributed by atoms with van der Waals surface area (Å²) in [6.07, 6.45) is 0.903. The van der Waals surface area contributed by atoms with E-state index in [-0.39, 0.29) is 0 Å². The molecule has 0 amide bonds. The Labute approximate surface area is 132 Å². The molecule has 0 saturated carbocycles. The highest BCUT2D eigenvalue weighted by atomic mass is 79.9. The monoisotopic (exact) mass is 354 g/mol. The van der Waals surface area contributed by atoms with Gasteiger partial charge in [-0.2, -0.15) is 0 Å². The summed E-state index contributed by atoms with van der Waals surface area (Å²) in [4.78, 5) is 0. The lowest BCUT2D eigenvalue weighted by atomic mass is 10.1. The van der Waals surface area contributed by atoms with E-state index < -0.39 is 0 Å². The van der Waals surface area contributed by atoms with E-state index in [1.54, 1.807) is 7.11 Å². The maximum Gasteiger partial charge on any atom is 0.132 e. The first kappa shape index (κ1) is 15.4. The van der Waals surface area contributed by atoms with Crippen molar-refractivity contribution in [1.29, 1.82) is 0 Å². The number of hydrogen-bond acceptors (Lipinski definition) is 2. The molecule has 106 valence electrons. The molecular weight excluding hydrogens is 340 g/mol. The number of rotatable bonds is 6. The molecule has 0 heterocycles. The van der Waals surface area contributed by atoms with Crippen molar-refractivity contribution in [3.63, 3.8) is 0 Å². The van der Waals surface area contributed by atoms with Crippen LogP contribution in [0.15, 0.2) is 42.5 Å². The predicted molar refractivity (Wildman–Crippen MR) is 86.2 cm³/mol. The lowest BCUT2D eigenvalue weighted by Gasteiger charge is -2.11. The molecule has 0 spiro atoms. The molecule has 0 N–H and O–H groups in total. The van der Waals surface area contributed by atoms with Crippen LogP contribution in [0.5, 0.6) is 11.5 Å². The first-order valence-electron chi connectivity index (χ1n) is 6.33. The van der Waals surface area contributed by atoms with E-state index in [1.165, 1.54) is 5.56 Å². The van der Waals surface area contributed by atoms with E-state index in [2.05, 4.69) is 15.9 Å². The van der Waals surface area contributed by atoms with Crippen LogP contribution in [-0.4, -0.2) is 13.7 Å². The third-order valence-corrected chi connectivity index (χ3v) is 3.87. The fourth-order valence-corrected chi connectivity index (χ4v) is 2.81. The van der Waals surface area contributed by atoms with Crippen LogP contribution in [-0.2, 0) is 16.5 Å². The molecule has 20 heavy (non-hydrogen) atoms. The van der Waals surface area contributed by atoms with Gasteiger partial charge in [0.05, 0.1) is 6.61 Å². The second-order valence-corrected chi connectivity index (χ2v) is 5.31. The normalized spacial score (nSPS) is 10.6. The summed E-state index contributed by atoms with van der Waals surface area (Å²) in [5, 5.41) is 1.37. The molecule has 0 saturated heterocycles. The predicted octanol–water partition coefficient (Wildman–Crippen LogP) is 5.22. The number of methoxy groups -OCH3 is 1. The quantitative estimate of drug-likeness (QED) is 0.662. The standard InChI is InChI=1S/C16H16BrClO2/c1-19-10-9-12-5-7-13(8-6-12)20-16-4-2-3-15(18)14(16)11-17/h2-8H,9-11H2,1H3. The van der Waals surface area contributed by atoms with E-state index in [1.807, 2.05) is 42.5 Å². The molecule has 0 radical (unpaired) electrons. The fourth-order valence-electron chi connectivity index (χ4n) is 1.84. The van der Waals surface area contributed by atoms with Gasteiger partial charge in [-0.3, -0.25) is 0 Å². The zero-order valence-electron chi connectivity index (χ0n) is 11.2. The Morgan fingerprint density at radius 1 is 1.10 bits per heavy atom. The van der Waals surface area contributed by atoms with Crippen molar-refractivity contribution >= 4 is 27.5 Å². The topological polar surface area (TPSA) is 18.5 Å². The molecule has 2 rings (SSSR count). The van der Waals surface area contributed by atoms with Crippen molar-refractivity contribution in [2.75, 3.05) is 13.7 Å². The Hall–Kier alpha value is -1.03. The molecule has 2 nitrogen and oxygen atoms in total. The van der Waals surface area contributed by atoms with E-state index >= 15 is 0 Å². The molecule has 2 aromatic carbocycles. The Kier molecular flexibility index (Phi) is 5.89. The fraction of sp³-hybridized carbons (Fsp3) is 0.250. The smallest absolute Gasteiger partial charge is 0.132 e. The highest BCUT2D eigenvalue weighted by molar-refractivity contribution is 9.08. The van der Waals surface area contributed by atoms with Gasteiger partial charge in [-0.05, 0) is 36.2 Å². The molecule has 0 fully saturated rings. The minimum Gasteiger partial charge on any atom is -0.457 e. The molecule has 4 heteroatoms. The Morgan fingerprint density at radius 2 is 1.85 bits per heavy atom. The summed E-state index contributed by atoms with van der Waals surface area (Å²) in [5.74, 6) is 1.58. The molecule has 0 aliphatic rings. The van der Waals surface area contributed by atoms with Gasteiger partial charge in [-0.25, -0.2) is 0 Å². The van der Waals surface area contributed by atoms with Crippen LogP contribution in [0.3, 0.4) is 0 Å². The van der Waals surface area contributed by atoms with Gasteiger partial charge >= 0.3 is 0 Å². The number of alkyl halides is 1. The lowest BCUT2D eigenvalue weighted by Crippen LogP contribution is -1.94. The second kappa shape index (κ2) is 7.67. The third-order valence-electron chi connectivity index (χ3n) is 2.96. The van der Waals surface area contributed by atoms with E-state index in [9.17, 15) is 0 Å². The minimum atomic E-state index is 0.661. The third kappa shape index (κ3) is 3.98. The molecule has 0 aromatic heterocycles. The van der Waals surface area contributed by atoms with Gasteiger partial charge in [0.2, 0.25) is 0 Å². The summed E-state index contributed by atoms with van der Waals surface area (Å²) in [6.45, 7) is 0.724. The van der Waals surface area contributed by atoms with Gasteiger partial charge in [0, 0.05) is 23.0 Å². The van der Waals surface area contributed by atoms with Crippen molar-refractivity contribution in [2.45, 2.75) is 11.8 Å². The first-order chi connectivity index (χ1) is 9.74. The van der Waals surface area contributed by atoms with Crippen LogP contribution in [0.25, 0.3) is 0 Å². The lowest BCUT2D eigenvalue weighted by molar-refractivity contribution is 0.202. The van der Waals surface area contributed by atoms with Crippen molar-refractivity contribution in [1.82, 2.24) is 0 Å². The van der Waals surface area contributed by atoms with Gasteiger partial charge in [0.15, 0.2) is 0 Å². The Bertz CT molecular complexity index is 555. The summed E-state index contributed by atoms with van der Waals surface area (Å²) in [5.41, 5.74) is 2.18. The van der Waals surface area contributed by atoms with Crippen LogP contribution < -0.4 is 4.74 Å². The van der Waals surface area contributed by atoms with Crippen molar-refractivity contribution in [2.24, 2.45) is 0 Å². The highest BCUT2D eigenvalue weighted by Gasteiger charge is 2.07. The van der Waals surface area contributed by atoms with E-state index in [0.29, 0.717) is 10.4 Å². The summed E-state index contributed by atoms with van der Waals surface area (Å²) in [6, 6.07) is 13.7. The largest absolute Gasteiger partial charge is 0.457 e. The summed E-state index contributed by atoms with van der Waals surface area (Å²) < 4.78 is 11.0. The van der Waals surface area contributed by atoms with Gasteiger partial charge in [-0.1, -0.05) is 45.7 Å². The molecule has 0 aliphatic carbocycles. The zero-order valence-corrected chi connectivity index (χ0v) is 13.6. The first-order valence-corrected chi connectivity index (χ1v) is 7.83. The molecule has 0 unspecified atom stereocenters. The van der Waals surface area contributed by atoms with Crippen molar-refractivity contribution < 1.29 is 9.47 Å². The minimum absolute atomic E-state index is 0.661. The Morgan fingerprint density at radius 3 is 2.50 bits per heavy atom. The number of ether oxygens (including phenoxy) is 2. The van der Waals surface area contributed by atoms with Gasteiger partial charge in [0.1, 0.15) is 11.5 Å². The van der Waals surface area contributed by atoms with Crippen LogP contribution in [0.2, 0.25) is 5.02 Å². The summed E-state index contributed by atoms with van der Waals surface area (Å²) >= 11 is 9.59. The number of benzene rings is 2. The molecule has 0 aliphatic heterocycles. The van der Waals surface area contributed by atoms with E-state index in [0.717, 1.165) is 30.1 Å². The van der Waals surface area contributed by atoms with Crippen molar-refractivity contribution in [3.05, 3.63) is 58.6 Å². The summed E-state index contributed by atoms with van der Waals surface area (Å²) in [7, 11) is 1.71. The van der Waals surface area contributed by atoms with Gasteiger partial charge in [-0.15, -0.1) is 0 Å². The molecular formula is C16H16BrClO2. The number of hydrogen-bond donors (Lipinski definition) is 0. The van der Waals surface area contributed by atoms with Crippen LogP contribution >= 0.6 is 27.5 Å². The SMILES string of the molecule is COCCc1ccc(Oc2cccc(Cl)c2CBr)cc1. The van der Waals surface area contributed by atoms with Gasteiger partial charge < -0.3 is 9.47 Å². The number of halogens is 2. The van der Waals surface area contributed by atoms with Crippen LogP contribution in [0.4, 0.5) is 0 Å². The van der Waals surface area contributed by atoms with Gasteiger partial charge in [0.25, 0.3) is 0 Å². The molecule has 0 bridgehead atoms. The van der Waals surface area contributed by atoms with E-state index in [4.69, 9.17) is 21.1 Å². The van der Waals surface area contributed by atoms with Crippen molar-refractivity contribution in [3.8, 4) is 11.5 Å². The second-order valence-electron chi connectivity index (χ2n) is 4.34. The van der Waals surface area contributed by atoms with Crippen LogP contribution in [0.1, 0.15) is 11.1 Å². The molecule has 2 aromatic rings. The van der Waals surface area contributed by atoms with Crippen LogP contribution in [0, 0.1) is 0 Å². The average molecular weight is 356 g/mol. The Balaban J connectivity index is 2.12. The highest BCUT2D eigenvalue weighted by Crippen LogP contribution is 2.32. The molecule has 0 atom stereocenters. The average Bonchev–Trinajstić information content (AvgIpc) is 2.47. The zero-order chi connectivity index (χ0) is 14.4. The maximum atomic E-state index is 6.15.